The van der Waals surface area contributed by atoms with E-state index in [4.69, 9.17) is 4.74 Å². The fourth-order valence-electron chi connectivity index (χ4n) is 4.12. The largest absolute Gasteiger partial charge is 0.376 e. The van der Waals surface area contributed by atoms with Crippen LogP contribution in [0.3, 0.4) is 0 Å². The number of halogens is 1. The number of nitrogens with zero attached hydrogens (tertiary/aromatic N) is 2. The van der Waals surface area contributed by atoms with Crippen molar-refractivity contribution in [1.29, 1.82) is 0 Å². The van der Waals surface area contributed by atoms with E-state index < -0.39 is 0 Å². The molecule has 5 nitrogen and oxygen atoms in total. The van der Waals surface area contributed by atoms with Gasteiger partial charge in [0.1, 0.15) is 6.54 Å². The molecular weight excluding hydrogens is 512 g/mol. The zero-order chi connectivity index (χ0) is 23.9. The quantitative estimate of drug-likeness (QED) is 0.351. The normalized spacial score (nSPS) is 15.3. The second-order valence-electron chi connectivity index (χ2n) is 8.58. The number of carbonyl (C=O) groups is 2. The van der Waals surface area contributed by atoms with Crippen molar-refractivity contribution in [2.24, 2.45) is 0 Å². The second kappa shape index (κ2) is 11.8. The van der Waals surface area contributed by atoms with Gasteiger partial charge in [0.25, 0.3) is 5.91 Å². The van der Waals surface area contributed by atoms with Crippen LogP contribution in [0.15, 0.2) is 71.2 Å². The molecule has 0 aliphatic carbocycles. The van der Waals surface area contributed by atoms with Crippen molar-refractivity contribution in [3.05, 3.63) is 92.1 Å². The molecule has 1 aromatic heterocycles. The first-order valence-electron chi connectivity index (χ1n) is 11.5. The van der Waals surface area contributed by atoms with Crippen LogP contribution in [0, 0.1) is 6.92 Å². The molecule has 7 heteroatoms. The van der Waals surface area contributed by atoms with E-state index >= 15 is 0 Å². The summed E-state index contributed by atoms with van der Waals surface area (Å²) in [6.45, 7) is 4.21. The van der Waals surface area contributed by atoms with Gasteiger partial charge in [0.2, 0.25) is 5.91 Å². The predicted molar refractivity (Wildman–Crippen MR) is 139 cm³/mol. The first kappa shape index (κ1) is 24.6. The molecule has 1 aliphatic rings. The predicted octanol–water partition coefficient (Wildman–Crippen LogP) is 5.67. The molecule has 2 aromatic carbocycles. The highest BCUT2D eigenvalue weighted by Gasteiger charge is 2.27. The minimum atomic E-state index is -0.156. The Morgan fingerprint density at radius 1 is 1.03 bits per heavy atom. The molecule has 1 atom stereocenters. The topological polar surface area (TPSA) is 49.9 Å². The van der Waals surface area contributed by atoms with Crippen molar-refractivity contribution >= 4 is 39.1 Å². The van der Waals surface area contributed by atoms with Crippen molar-refractivity contribution in [1.82, 2.24) is 9.80 Å². The van der Waals surface area contributed by atoms with Crippen LogP contribution in [0.2, 0.25) is 0 Å². The Morgan fingerprint density at radius 2 is 1.85 bits per heavy atom. The van der Waals surface area contributed by atoms with E-state index in [1.807, 2.05) is 47.4 Å². The number of hydrogen-bond donors (Lipinski definition) is 0. The molecule has 1 saturated heterocycles. The Kier molecular flexibility index (Phi) is 8.53. The average Bonchev–Trinajstić information content (AvgIpc) is 3.50. The maximum absolute atomic E-state index is 13.6. The van der Waals surface area contributed by atoms with Crippen LogP contribution in [0.4, 0.5) is 0 Å². The molecule has 0 bridgehead atoms. The lowest BCUT2D eigenvalue weighted by atomic mass is 10.1. The van der Waals surface area contributed by atoms with Crippen LogP contribution in [-0.2, 0) is 22.6 Å². The van der Waals surface area contributed by atoms with Crippen LogP contribution in [0.25, 0.3) is 0 Å². The zero-order valence-corrected chi connectivity index (χ0v) is 21.7. The Bertz CT molecular complexity index is 1110. The van der Waals surface area contributed by atoms with E-state index in [9.17, 15) is 9.59 Å². The molecule has 2 amide bonds. The molecular formula is C27H29BrN2O3S. The molecule has 0 spiro atoms. The van der Waals surface area contributed by atoms with Gasteiger partial charge in [0, 0.05) is 39.5 Å². The van der Waals surface area contributed by atoms with Gasteiger partial charge in [-0.15, -0.1) is 11.3 Å². The Morgan fingerprint density at radius 3 is 2.53 bits per heavy atom. The van der Waals surface area contributed by atoms with Gasteiger partial charge >= 0.3 is 0 Å². The summed E-state index contributed by atoms with van der Waals surface area (Å²) in [6.07, 6.45) is 1.85. The maximum Gasteiger partial charge on any atom is 0.254 e. The highest BCUT2D eigenvalue weighted by atomic mass is 79.9. The molecule has 0 saturated carbocycles. The molecule has 178 valence electrons. The van der Waals surface area contributed by atoms with Crippen molar-refractivity contribution in [2.45, 2.75) is 39.0 Å². The standard InChI is InChI=1S/C27H29BrN2O3S/c1-20-12-13-25(34-20)18-29(16-21-7-3-2-4-8-21)26(31)19-30(17-24-11-6-14-33-24)27(32)22-9-5-10-23(28)15-22/h2-5,7-10,12-13,15,24H,6,11,14,16-19H2,1H3. The molecule has 1 fully saturated rings. The third kappa shape index (κ3) is 6.78. The monoisotopic (exact) mass is 540 g/mol. The average molecular weight is 542 g/mol. The summed E-state index contributed by atoms with van der Waals surface area (Å²) in [5.41, 5.74) is 1.62. The third-order valence-corrected chi connectivity index (χ3v) is 7.32. The first-order chi connectivity index (χ1) is 16.5. The lowest BCUT2D eigenvalue weighted by Crippen LogP contribution is -2.45. The molecule has 1 aliphatic heterocycles. The van der Waals surface area contributed by atoms with Crippen LogP contribution >= 0.6 is 27.3 Å². The van der Waals surface area contributed by atoms with Crippen molar-refractivity contribution in [3.63, 3.8) is 0 Å². The molecule has 4 rings (SSSR count). The molecule has 0 radical (unpaired) electrons. The Hall–Kier alpha value is -2.48. The van der Waals surface area contributed by atoms with E-state index in [1.54, 1.807) is 28.4 Å². The van der Waals surface area contributed by atoms with Crippen molar-refractivity contribution in [2.75, 3.05) is 19.7 Å². The first-order valence-corrected chi connectivity index (χ1v) is 13.1. The van der Waals surface area contributed by atoms with Crippen LogP contribution in [-0.4, -0.2) is 47.4 Å². The molecule has 0 N–H and O–H groups in total. The number of aryl methyl sites for hydroxylation is 1. The minimum Gasteiger partial charge on any atom is -0.376 e. The molecule has 34 heavy (non-hydrogen) atoms. The number of hydrogen-bond acceptors (Lipinski definition) is 4. The summed E-state index contributed by atoms with van der Waals surface area (Å²) in [7, 11) is 0. The minimum absolute atomic E-state index is 0.0163. The fourth-order valence-corrected chi connectivity index (χ4v) is 5.42. The van der Waals surface area contributed by atoms with Crippen molar-refractivity contribution in [3.8, 4) is 0 Å². The number of benzene rings is 2. The van der Waals surface area contributed by atoms with Crippen molar-refractivity contribution < 1.29 is 14.3 Å². The van der Waals surface area contributed by atoms with Crippen LogP contribution in [0.1, 0.15) is 38.5 Å². The highest BCUT2D eigenvalue weighted by molar-refractivity contribution is 9.10. The Balaban J connectivity index is 1.55. The van der Waals surface area contributed by atoms with Gasteiger partial charge in [0.15, 0.2) is 0 Å². The number of thiophene rings is 1. The van der Waals surface area contributed by atoms with Gasteiger partial charge in [-0.25, -0.2) is 0 Å². The van der Waals surface area contributed by atoms with Gasteiger partial charge in [-0.05, 0) is 55.7 Å². The summed E-state index contributed by atoms with van der Waals surface area (Å²) in [4.78, 5) is 32.9. The highest BCUT2D eigenvalue weighted by Crippen LogP contribution is 2.21. The number of amides is 2. The summed E-state index contributed by atoms with van der Waals surface area (Å²) < 4.78 is 6.64. The molecule has 2 heterocycles. The van der Waals surface area contributed by atoms with E-state index in [0.29, 0.717) is 31.8 Å². The number of ether oxygens (including phenoxy) is 1. The van der Waals surface area contributed by atoms with E-state index in [1.165, 1.54) is 4.88 Å². The van der Waals surface area contributed by atoms with Gasteiger partial charge in [0.05, 0.1) is 12.6 Å². The Labute approximate surface area is 213 Å². The summed E-state index contributed by atoms with van der Waals surface area (Å²) in [6, 6.07) is 21.4. The van der Waals surface area contributed by atoms with Crippen LogP contribution in [0.5, 0.6) is 0 Å². The zero-order valence-electron chi connectivity index (χ0n) is 19.3. The lowest BCUT2D eigenvalue weighted by molar-refractivity contribution is -0.133. The van der Waals surface area contributed by atoms with Gasteiger partial charge in [-0.3, -0.25) is 9.59 Å². The van der Waals surface area contributed by atoms with Gasteiger partial charge in [-0.1, -0.05) is 52.3 Å². The third-order valence-electron chi connectivity index (χ3n) is 5.84. The van der Waals surface area contributed by atoms with E-state index in [0.717, 1.165) is 27.8 Å². The summed E-state index contributed by atoms with van der Waals surface area (Å²) >= 11 is 5.14. The summed E-state index contributed by atoms with van der Waals surface area (Å²) in [5.74, 6) is -0.229. The molecule has 3 aromatic rings. The van der Waals surface area contributed by atoms with Crippen LogP contribution < -0.4 is 0 Å². The van der Waals surface area contributed by atoms with E-state index in [2.05, 4.69) is 35.0 Å². The van der Waals surface area contributed by atoms with Gasteiger partial charge < -0.3 is 14.5 Å². The fraction of sp³-hybridized carbons (Fsp3) is 0.333. The smallest absolute Gasteiger partial charge is 0.254 e. The van der Waals surface area contributed by atoms with Gasteiger partial charge in [-0.2, -0.15) is 0 Å². The SMILES string of the molecule is Cc1ccc(CN(Cc2ccccc2)C(=O)CN(CC2CCCO2)C(=O)c2cccc(Br)c2)s1. The number of carbonyl (C=O) groups excluding carboxylic acids is 2. The maximum atomic E-state index is 13.6. The van der Waals surface area contributed by atoms with E-state index in [-0.39, 0.29) is 24.5 Å². The lowest BCUT2D eigenvalue weighted by Gasteiger charge is -2.29. The molecule has 1 unspecified atom stereocenters. The second-order valence-corrected chi connectivity index (χ2v) is 10.9. The number of rotatable bonds is 9. The summed E-state index contributed by atoms with van der Waals surface area (Å²) in [5, 5.41) is 0.